The Morgan fingerprint density at radius 2 is 2.11 bits per heavy atom. The number of benzene rings is 1. The Labute approximate surface area is 162 Å². The van der Waals surface area contributed by atoms with Crippen molar-refractivity contribution in [2.24, 2.45) is 10.9 Å². The third-order valence-corrected chi connectivity index (χ3v) is 6.86. The highest BCUT2D eigenvalue weighted by molar-refractivity contribution is 7.91. The van der Waals surface area contributed by atoms with E-state index in [0.29, 0.717) is 18.8 Å². The number of hydrogen-bond acceptors (Lipinski definition) is 3. The standard InChI is InChI=1S/C21H29N3O2S/c1-17(2)14-22-21(23-15-18-10-13-27(25,26)16-18)24-11-8-20(9-12-24)19-6-4-3-5-7-19/h3-8,18H,1,9-16H2,2H3,(H,22,23). The molecule has 0 saturated carbocycles. The molecule has 1 fully saturated rings. The molecule has 27 heavy (non-hydrogen) atoms. The van der Waals surface area contributed by atoms with Crippen LogP contribution < -0.4 is 5.32 Å². The maximum Gasteiger partial charge on any atom is 0.194 e. The lowest BCUT2D eigenvalue weighted by molar-refractivity contribution is 0.431. The normalized spacial score (nSPS) is 22.4. The molecule has 1 aromatic rings. The quantitative estimate of drug-likeness (QED) is 0.479. The molecule has 2 aliphatic heterocycles. The molecule has 6 heteroatoms. The van der Waals surface area contributed by atoms with Crippen molar-refractivity contribution in [2.45, 2.75) is 19.8 Å². The minimum Gasteiger partial charge on any atom is -0.356 e. The molecule has 0 aliphatic carbocycles. The van der Waals surface area contributed by atoms with Gasteiger partial charge >= 0.3 is 0 Å². The van der Waals surface area contributed by atoms with Gasteiger partial charge in [-0.05, 0) is 36.8 Å². The number of rotatable bonds is 5. The maximum atomic E-state index is 11.7. The second-order valence-corrected chi connectivity index (χ2v) is 9.77. The second-order valence-electron chi connectivity index (χ2n) is 7.54. The van der Waals surface area contributed by atoms with E-state index >= 15 is 0 Å². The van der Waals surface area contributed by atoms with Gasteiger partial charge in [0.15, 0.2) is 15.8 Å². The Hall–Kier alpha value is -2.08. The third-order valence-electron chi connectivity index (χ3n) is 5.03. The SMILES string of the molecule is C=C(C)CN=C(NCC1CCS(=O)(=O)C1)N1CC=C(c2ccccc2)CC1. The molecule has 1 saturated heterocycles. The van der Waals surface area contributed by atoms with Gasteiger partial charge in [-0.25, -0.2) is 13.4 Å². The van der Waals surface area contributed by atoms with Gasteiger partial charge in [0.05, 0.1) is 18.1 Å². The van der Waals surface area contributed by atoms with Crippen LogP contribution in [0.3, 0.4) is 0 Å². The second kappa shape index (κ2) is 8.74. The Balaban J connectivity index is 1.64. The summed E-state index contributed by atoms with van der Waals surface area (Å²) in [5.41, 5.74) is 3.66. The zero-order valence-corrected chi connectivity index (χ0v) is 16.8. The Bertz CT molecular complexity index is 828. The van der Waals surface area contributed by atoms with Crippen molar-refractivity contribution in [1.29, 1.82) is 0 Å². The molecule has 146 valence electrons. The summed E-state index contributed by atoms with van der Waals surface area (Å²) in [5.74, 6) is 1.62. The molecule has 2 heterocycles. The number of aliphatic imine (C=N–C) groups is 1. The summed E-state index contributed by atoms with van der Waals surface area (Å²) in [7, 11) is -2.85. The number of nitrogens with one attached hydrogen (secondary N) is 1. The summed E-state index contributed by atoms with van der Waals surface area (Å²) < 4.78 is 23.4. The van der Waals surface area contributed by atoms with E-state index in [2.05, 4.69) is 47.1 Å². The summed E-state index contributed by atoms with van der Waals surface area (Å²) in [6.07, 6.45) is 3.97. The van der Waals surface area contributed by atoms with Gasteiger partial charge in [0, 0.05) is 19.6 Å². The molecular weight excluding hydrogens is 358 g/mol. The maximum absolute atomic E-state index is 11.7. The van der Waals surface area contributed by atoms with Crippen molar-refractivity contribution < 1.29 is 8.42 Å². The van der Waals surface area contributed by atoms with E-state index in [-0.39, 0.29) is 11.7 Å². The van der Waals surface area contributed by atoms with Gasteiger partial charge < -0.3 is 10.2 Å². The molecule has 2 aliphatic rings. The zero-order chi connectivity index (χ0) is 19.3. The van der Waals surface area contributed by atoms with Crippen molar-refractivity contribution in [3.63, 3.8) is 0 Å². The van der Waals surface area contributed by atoms with Crippen LogP contribution in [0.4, 0.5) is 0 Å². The predicted molar refractivity (Wildman–Crippen MR) is 112 cm³/mol. The molecule has 1 unspecified atom stereocenters. The van der Waals surface area contributed by atoms with Crippen LogP contribution in [-0.4, -0.2) is 57.0 Å². The van der Waals surface area contributed by atoms with Crippen molar-refractivity contribution in [3.05, 3.63) is 54.1 Å². The van der Waals surface area contributed by atoms with E-state index in [0.717, 1.165) is 37.5 Å². The van der Waals surface area contributed by atoms with Gasteiger partial charge in [-0.1, -0.05) is 48.6 Å². The average Bonchev–Trinajstić information content (AvgIpc) is 3.01. The molecule has 3 rings (SSSR count). The first-order chi connectivity index (χ1) is 12.9. The minimum atomic E-state index is -2.85. The van der Waals surface area contributed by atoms with Gasteiger partial charge in [-0.2, -0.15) is 0 Å². The Morgan fingerprint density at radius 1 is 1.33 bits per heavy atom. The zero-order valence-electron chi connectivity index (χ0n) is 16.0. The molecule has 0 spiro atoms. The smallest absolute Gasteiger partial charge is 0.194 e. The predicted octanol–water partition coefficient (Wildman–Crippen LogP) is 2.73. The summed E-state index contributed by atoms with van der Waals surface area (Å²) in [6, 6.07) is 10.5. The number of sulfone groups is 1. The van der Waals surface area contributed by atoms with Gasteiger partial charge in [0.1, 0.15) is 0 Å². The third kappa shape index (κ3) is 5.70. The molecule has 0 bridgehead atoms. The van der Waals surface area contributed by atoms with Crippen molar-refractivity contribution >= 4 is 21.4 Å². The summed E-state index contributed by atoms with van der Waals surface area (Å²) in [5, 5.41) is 3.42. The molecule has 1 aromatic carbocycles. The summed E-state index contributed by atoms with van der Waals surface area (Å²) in [6.45, 7) is 8.83. The van der Waals surface area contributed by atoms with Gasteiger partial charge in [-0.15, -0.1) is 0 Å². The lowest BCUT2D eigenvalue weighted by atomic mass is 10.00. The van der Waals surface area contributed by atoms with Crippen LogP contribution in [0.2, 0.25) is 0 Å². The molecule has 5 nitrogen and oxygen atoms in total. The van der Waals surface area contributed by atoms with Gasteiger partial charge in [-0.3, -0.25) is 0 Å². The summed E-state index contributed by atoms with van der Waals surface area (Å²) >= 11 is 0. The first-order valence-electron chi connectivity index (χ1n) is 9.55. The van der Waals surface area contributed by atoms with Crippen molar-refractivity contribution in [2.75, 3.05) is 37.7 Å². The lowest BCUT2D eigenvalue weighted by Gasteiger charge is -2.30. The van der Waals surface area contributed by atoms with Crippen LogP contribution in [0.5, 0.6) is 0 Å². The van der Waals surface area contributed by atoms with Crippen molar-refractivity contribution in [3.8, 4) is 0 Å². The summed E-state index contributed by atoms with van der Waals surface area (Å²) in [4.78, 5) is 6.93. The average molecular weight is 388 g/mol. The fourth-order valence-corrected chi connectivity index (χ4v) is 5.38. The fourth-order valence-electron chi connectivity index (χ4n) is 3.52. The first-order valence-corrected chi connectivity index (χ1v) is 11.4. The lowest BCUT2D eigenvalue weighted by Crippen LogP contribution is -2.45. The van der Waals surface area contributed by atoms with Gasteiger partial charge in [0.2, 0.25) is 0 Å². The fraction of sp³-hybridized carbons (Fsp3) is 0.476. The van der Waals surface area contributed by atoms with E-state index < -0.39 is 9.84 Å². The van der Waals surface area contributed by atoms with Crippen LogP contribution in [0.15, 0.2) is 53.6 Å². The molecule has 0 radical (unpaired) electrons. The largest absolute Gasteiger partial charge is 0.356 e. The van der Waals surface area contributed by atoms with E-state index in [4.69, 9.17) is 4.99 Å². The van der Waals surface area contributed by atoms with Crippen LogP contribution in [0, 0.1) is 5.92 Å². The Kier molecular flexibility index (Phi) is 6.37. The van der Waals surface area contributed by atoms with Crippen LogP contribution in [0.1, 0.15) is 25.3 Å². The van der Waals surface area contributed by atoms with E-state index in [1.54, 1.807) is 0 Å². The van der Waals surface area contributed by atoms with Gasteiger partial charge in [0.25, 0.3) is 0 Å². The molecule has 0 amide bonds. The molecule has 1 atom stereocenters. The van der Waals surface area contributed by atoms with Crippen LogP contribution in [-0.2, 0) is 9.84 Å². The number of hydrogen-bond donors (Lipinski definition) is 1. The van der Waals surface area contributed by atoms with E-state index in [1.807, 2.05) is 13.0 Å². The van der Waals surface area contributed by atoms with Crippen molar-refractivity contribution in [1.82, 2.24) is 10.2 Å². The monoisotopic (exact) mass is 387 g/mol. The highest BCUT2D eigenvalue weighted by Crippen LogP contribution is 2.22. The topological polar surface area (TPSA) is 61.8 Å². The Morgan fingerprint density at radius 3 is 2.70 bits per heavy atom. The highest BCUT2D eigenvalue weighted by Gasteiger charge is 2.28. The van der Waals surface area contributed by atoms with Crippen LogP contribution in [0.25, 0.3) is 5.57 Å². The number of guanidine groups is 1. The number of nitrogens with zero attached hydrogens (tertiary/aromatic N) is 2. The van der Waals surface area contributed by atoms with E-state index in [9.17, 15) is 8.42 Å². The minimum absolute atomic E-state index is 0.172. The first kappa shape index (κ1) is 19.7. The molecular formula is C21H29N3O2S. The highest BCUT2D eigenvalue weighted by atomic mass is 32.2. The van der Waals surface area contributed by atoms with E-state index in [1.165, 1.54) is 11.1 Å². The molecule has 1 N–H and O–H groups in total. The van der Waals surface area contributed by atoms with Crippen LogP contribution >= 0.6 is 0 Å². The molecule has 0 aromatic heterocycles.